The summed E-state index contributed by atoms with van der Waals surface area (Å²) in [7, 11) is 0. The van der Waals surface area contributed by atoms with Crippen LogP contribution in [0.4, 0.5) is 0 Å². The van der Waals surface area contributed by atoms with E-state index in [-0.39, 0.29) is 5.76 Å². The van der Waals surface area contributed by atoms with E-state index in [1.165, 1.54) is 0 Å². The average Bonchev–Trinajstić information content (AvgIpc) is 2.08. The van der Waals surface area contributed by atoms with E-state index in [4.69, 9.17) is 4.74 Å². The van der Waals surface area contributed by atoms with Gasteiger partial charge in [-0.25, -0.2) is 0 Å². The van der Waals surface area contributed by atoms with Gasteiger partial charge in [-0.05, 0) is 6.92 Å². The third kappa shape index (κ3) is 1.40. The summed E-state index contributed by atoms with van der Waals surface area (Å²) < 4.78 is 5.15. The van der Waals surface area contributed by atoms with Gasteiger partial charge in [-0.15, -0.1) is 0 Å². The van der Waals surface area contributed by atoms with Crippen LogP contribution in [0.15, 0.2) is 11.5 Å². The van der Waals surface area contributed by atoms with Crippen molar-refractivity contribution >= 4 is 0 Å². The summed E-state index contributed by atoms with van der Waals surface area (Å²) in [6.07, 6.45) is -2.20. The van der Waals surface area contributed by atoms with Gasteiger partial charge in [0.15, 0.2) is 5.76 Å². The van der Waals surface area contributed by atoms with Crippen molar-refractivity contribution in [2.75, 3.05) is 0 Å². The molecule has 0 amide bonds. The molecule has 3 N–H and O–H groups in total. The zero-order chi connectivity index (χ0) is 9.30. The molecular weight excluding hydrogens is 160 g/mol. The lowest BCUT2D eigenvalue weighted by molar-refractivity contribution is -0.0909. The highest BCUT2D eigenvalue weighted by molar-refractivity contribution is 5.11. The summed E-state index contributed by atoms with van der Waals surface area (Å²) in [6, 6.07) is 0. The Morgan fingerprint density at radius 2 is 2.00 bits per heavy atom. The summed E-state index contributed by atoms with van der Waals surface area (Å²) in [4.78, 5) is 0. The number of aliphatic hydroxyl groups excluding tert-OH is 3. The molecule has 1 aliphatic rings. The summed E-state index contributed by atoms with van der Waals surface area (Å²) in [5, 5.41) is 27.8. The third-order valence-electron chi connectivity index (χ3n) is 2.02. The molecule has 4 heteroatoms. The monoisotopic (exact) mass is 174 g/mol. The first-order chi connectivity index (χ1) is 5.57. The second-order valence-electron chi connectivity index (χ2n) is 2.92. The molecule has 12 heavy (non-hydrogen) atoms. The fourth-order valence-corrected chi connectivity index (χ4v) is 1.20. The highest BCUT2D eigenvalue weighted by atomic mass is 16.5. The summed E-state index contributed by atoms with van der Waals surface area (Å²) in [5.41, 5.74) is 0. The van der Waals surface area contributed by atoms with Crippen LogP contribution < -0.4 is 0 Å². The maximum atomic E-state index is 9.28. The van der Waals surface area contributed by atoms with Crippen LogP contribution in [-0.2, 0) is 4.74 Å². The lowest BCUT2D eigenvalue weighted by Gasteiger charge is -2.31. The first kappa shape index (κ1) is 9.35. The summed E-state index contributed by atoms with van der Waals surface area (Å²) in [6.45, 7) is 3.46. The maximum Gasteiger partial charge on any atom is 0.161 e. The van der Waals surface area contributed by atoms with Gasteiger partial charge in [0.05, 0.1) is 0 Å². The molecule has 3 atom stereocenters. The van der Waals surface area contributed by atoms with E-state index in [0.29, 0.717) is 12.2 Å². The Hall–Kier alpha value is -0.740. The quantitative estimate of drug-likeness (QED) is 0.535. The second kappa shape index (κ2) is 3.33. The first-order valence-corrected chi connectivity index (χ1v) is 4.02. The molecule has 70 valence electrons. The molecule has 0 bridgehead atoms. The largest absolute Gasteiger partial charge is 0.506 e. The Morgan fingerprint density at radius 1 is 1.42 bits per heavy atom. The Labute approximate surface area is 71.1 Å². The number of aliphatic hydroxyl groups is 3. The van der Waals surface area contributed by atoms with Crippen molar-refractivity contribution < 1.29 is 20.1 Å². The molecule has 0 radical (unpaired) electrons. The van der Waals surface area contributed by atoms with Gasteiger partial charge in [0, 0.05) is 6.42 Å². The molecule has 0 aromatic carbocycles. The van der Waals surface area contributed by atoms with E-state index in [0.717, 1.165) is 0 Å². The van der Waals surface area contributed by atoms with Crippen molar-refractivity contribution in [3.63, 3.8) is 0 Å². The molecule has 0 saturated carbocycles. The molecule has 0 aliphatic carbocycles. The molecule has 0 fully saturated rings. The summed E-state index contributed by atoms with van der Waals surface area (Å²) in [5.74, 6) is 0.114. The minimum absolute atomic E-state index is 0.247. The lowest BCUT2D eigenvalue weighted by Crippen LogP contribution is -2.42. The smallest absolute Gasteiger partial charge is 0.161 e. The van der Waals surface area contributed by atoms with E-state index in [1.807, 2.05) is 6.92 Å². The molecule has 1 heterocycles. The number of ether oxygens (including phenoxy) is 1. The van der Waals surface area contributed by atoms with Crippen molar-refractivity contribution in [1.29, 1.82) is 0 Å². The molecule has 4 nitrogen and oxygen atoms in total. The van der Waals surface area contributed by atoms with Crippen LogP contribution in [0.1, 0.15) is 20.3 Å². The van der Waals surface area contributed by atoms with Crippen LogP contribution >= 0.6 is 0 Å². The van der Waals surface area contributed by atoms with E-state index in [1.54, 1.807) is 6.92 Å². The Bertz CT molecular complexity index is 199. The van der Waals surface area contributed by atoms with Crippen LogP contribution in [0.5, 0.6) is 0 Å². The van der Waals surface area contributed by atoms with Gasteiger partial charge < -0.3 is 20.1 Å². The van der Waals surface area contributed by atoms with Crippen LogP contribution in [0, 0.1) is 0 Å². The van der Waals surface area contributed by atoms with Crippen molar-refractivity contribution in [3.8, 4) is 0 Å². The van der Waals surface area contributed by atoms with Gasteiger partial charge in [-0.2, -0.15) is 0 Å². The van der Waals surface area contributed by atoms with Crippen molar-refractivity contribution in [2.24, 2.45) is 0 Å². The van der Waals surface area contributed by atoms with Gasteiger partial charge in [-0.3, -0.25) is 0 Å². The molecule has 0 aromatic heterocycles. The van der Waals surface area contributed by atoms with E-state index >= 15 is 0 Å². The van der Waals surface area contributed by atoms with Gasteiger partial charge in [0.25, 0.3) is 0 Å². The predicted molar refractivity (Wildman–Crippen MR) is 42.5 cm³/mol. The van der Waals surface area contributed by atoms with Crippen LogP contribution in [0.2, 0.25) is 0 Å². The predicted octanol–water partition coefficient (Wildman–Crippen LogP) is 0.306. The molecular formula is C8H14O4. The van der Waals surface area contributed by atoms with Gasteiger partial charge in [0.1, 0.15) is 24.1 Å². The normalized spacial score (nSPS) is 36.5. The molecule has 1 rings (SSSR count). The lowest BCUT2D eigenvalue weighted by atomic mass is 10.0. The highest BCUT2D eigenvalue weighted by Crippen LogP contribution is 2.24. The van der Waals surface area contributed by atoms with Gasteiger partial charge >= 0.3 is 0 Å². The average molecular weight is 174 g/mol. The molecule has 0 aromatic rings. The van der Waals surface area contributed by atoms with Crippen LogP contribution in [0.3, 0.4) is 0 Å². The number of hydrogen-bond acceptors (Lipinski definition) is 4. The molecule has 3 unspecified atom stereocenters. The third-order valence-corrected chi connectivity index (χ3v) is 2.02. The fraction of sp³-hybridized carbons (Fsp3) is 0.750. The van der Waals surface area contributed by atoms with Gasteiger partial charge in [0.2, 0.25) is 0 Å². The Kier molecular flexibility index (Phi) is 2.59. The second-order valence-corrected chi connectivity index (χ2v) is 2.92. The molecule has 0 spiro atoms. The van der Waals surface area contributed by atoms with Crippen molar-refractivity contribution in [1.82, 2.24) is 0 Å². The van der Waals surface area contributed by atoms with E-state index in [2.05, 4.69) is 0 Å². The molecule has 0 saturated heterocycles. The molecule has 1 aliphatic heterocycles. The number of allylic oxidation sites excluding steroid dienone is 1. The maximum absolute atomic E-state index is 9.28. The van der Waals surface area contributed by atoms with Crippen molar-refractivity contribution in [3.05, 3.63) is 11.5 Å². The zero-order valence-electron chi connectivity index (χ0n) is 7.19. The minimum Gasteiger partial charge on any atom is -0.506 e. The van der Waals surface area contributed by atoms with E-state index in [9.17, 15) is 15.3 Å². The van der Waals surface area contributed by atoms with Crippen molar-refractivity contribution in [2.45, 2.75) is 38.6 Å². The Balaban J connectivity index is 2.87. The van der Waals surface area contributed by atoms with Crippen LogP contribution in [-0.4, -0.2) is 33.6 Å². The SMILES string of the molecule is CCC1=C(O)C(O)C(O)C(C)O1. The zero-order valence-corrected chi connectivity index (χ0v) is 7.19. The van der Waals surface area contributed by atoms with Gasteiger partial charge in [-0.1, -0.05) is 6.92 Å². The first-order valence-electron chi connectivity index (χ1n) is 4.02. The topological polar surface area (TPSA) is 69.9 Å². The number of hydrogen-bond donors (Lipinski definition) is 3. The fourth-order valence-electron chi connectivity index (χ4n) is 1.20. The standard InChI is InChI=1S/C8H14O4/c1-3-5-7(10)8(11)6(9)4(2)12-5/h4,6,8-11H,3H2,1-2H3. The minimum atomic E-state index is -1.20. The highest BCUT2D eigenvalue weighted by Gasteiger charge is 2.34. The Morgan fingerprint density at radius 3 is 2.50 bits per heavy atom. The van der Waals surface area contributed by atoms with Crippen LogP contribution in [0.25, 0.3) is 0 Å². The number of rotatable bonds is 1. The van der Waals surface area contributed by atoms with E-state index < -0.39 is 18.3 Å². The summed E-state index contributed by atoms with van der Waals surface area (Å²) >= 11 is 0.